The van der Waals surface area contributed by atoms with Crippen LogP contribution < -0.4 is 10.1 Å². The maximum Gasteiger partial charge on any atom is 0.422 e. The summed E-state index contributed by atoms with van der Waals surface area (Å²) in [7, 11) is 0. The highest BCUT2D eigenvalue weighted by Gasteiger charge is 2.28. The molecule has 0 saturated heterocycles. The van der Waals surface area contributed by atoms with E-state index in [1.165, 1.54) is 24.3 Å². The van der Waals surface area contributed by atoms with Crippen molar-refractivity contribution in [2.24, 2.45) is 0 Å². The predicted octanol–water partition coefficient (Wildman–Crippen LogP) is 2.95. The maximum absolute atomic E-state index is 12.1. The van der Waals surface area contributed by atoms with Gasteiger partial charge in [0.1, 0.15) is 5.75 Å². The van der Waals surface area contributed by atoms with Crippen LogP contribution in [0.25, 0.3) is 0 Å². The van der Waals surface area contributed by atoms with Gasteiger partial charge in [0.25, 0.3) is 5.91 Å². The number of aromatic nitrogens is 2. The number of benzene rings is 1. The molecule has 1 amide bonds. The largest absolute Gasteiger partial charge is 0.484 e. The molecule has 1 heterocycles. The van der Waals surface area contributed by atoms with Gasteiger partial charge in [0, 0.05) is 30.5 Å². The fourth-order valence-electron chi connectivity index (χ4n) is 2.06. The Morgan fingerprint density at radius 3 is 2.79 bits per heavy atom. The molecule has 0 atom stereocenters. The quantitative estimate of drug-likeness (QED) is 0.788. The molecule has 0 unspecified atom stereocenters. The van der Waals surface area contributed by atoms with E-state index < -0.39 is 12.8 Å². The molecule has 8 heteroatoms. The van der Waals surface area contributed by atoms with E-state index in [2.05, 4.69) is 15.2 Å². The Morgan fingerprint density at radius 1 is 1.33 bits per heavy atom. The average molecular weight is 341 g/mol. The summed E-state index contributed by atoms with van der Waals surface area (Å²) >= 11 is 0. The molecule has 24 heavy (non-hydrogen) atoms. The van der Waals surface area contributed by atoms with Gasteiger partial charge in [-0.1, -0.05) is 6.07 Å². The summed E-state index contributed by atoms with van der Waals surface area (Å²) in [6.07, 6.45) is -2.01. The number of ether oxygens (including phenoxy) is 1. The van der Waals surface area contributed by atoms with E-state index >= 15 is 0 Å². The van der Waals surface area contributed by atoms with E-state index in [4.69, 9.17) is 0 Å². The molecule has 1 N–H and O–H groups in total. The fourth-order valence-corrected chi connectivity index (χ4v) is 2.06. The van der Waals surface area contributed by atoms with Gasteiger partial charge in [-0.3, -0.25) is 9.48 Å². The number of carbonyl (C=O) groups is 1. The van der Waals surface area contributed by atoms with E-state index in [1.54, 1.807) is 6.20 Å². The van der Waals surface area contributed by atoms with Crippen LogP contribution in [0, 0.1) is 6.92 Å². The van der Waals surface area contributed by atoms with E-state index in [9.17, 15) is 18.0 Å². The number of rotatable bonds is 7. The first kappa shape index (κ1) is 17.8. The number of hydrogen-bond donors (Lipinski definition) is 1. The second kappa shape index (κ2) is 7.85. The number of alkyl halides is 3. The molecule has 0 aliphatic heterocycles. The average Bonchev–Trinajstić information content (AvgIpc) is 2.94. The van der Waals surface area contributed by atoms with Crippen molar-refractivity contribution < 1.29 is 22.7 Å². The summed E-state index contributed by atoms with van der Waals surface area (Å²) in [5.41, 5.74) is 1.29. The van der Waals surface area contributed by atoms with Crippen molar-refractivity contribution in [2.45, 2.75) is 26.1 Å². The second-order valence-electron chi connectivity index (χ2n) is 5.24. The van der Waals surface area contributed by atoms with Crippen LogP contribution in [0.4, 0.5) is 13.2 Å². The van der Waals surface area contributed by atoms with Gasteiger partial charge in [-0.25, -0.2) is 0 Å². The van der Waals surface area contributed by atoms with Gasteiger partial charge in [0.05, 0.1) is 0 Å². The van der Waals surface area contributed by atoms with Crippen molar-refractivity contribution in [1.29, 1.82) is 0 Å². The normalized spacial score (nSPS) is 11.3. The lowest BCUT2D eigenvalue weighted by atomic mass is 10.2. The number of nitrogens with one attached hydrogen (secondary N) is 1. The Morgan fingerprint density at radius 2 is 2.12 bits per heavy atom. The Labute approximate surface area is 137 Å². The minimum absolute atomic E-state index is 0.00661. The number of nitrogens with zero attached hydrogens (tertiary/aromatic N) is 2. The molecule has 2 rings (SSSR count). The monoisotopic (exact) mass is 341 g/mol. The van der Waals surface area contributed by atoms with Crippen molar-refractivity contribution in [1.82, 2.24) is 15.1 Å². The summed E-state index contributed by atoms with van der Waals surface area (Å²) in [4.78, 5) is 12.0. The zero-order valence-electron chi connectivity index (χ0n) is 13.1. The third-order valence-electron chi connectivity index (χ3n) is 3.26. The van der Waals surface area contributed by atoms with Crippen molar-refractivity contribution >= 4 is 5.91 Å². The van der Waals surface area contributed by atoms with E-state index in [-0.39, 0.29) is 17.2 Å². The molecule has 0 saturated carbocycles. The van der Waals surface area contributed by atoms with E-state index in [1.807, 2.05) is 17.7 Å². The molecular formula is C16H18F3N3O2. The molecule has 5 nitrogen and oxygen atoms in total. The Kier molecular flexibility index (Phi) is 5.83. The number of amides is 1. The first-order valence-electron chi connectivity index (χ1n) is 7.41. The highest BCUT2D eigenvalue weighted by atomic mass is 19.4. The standard InChI is InChI=1S/C16H18F3N3O2/c1-12-6-8-21-22(12)9-3-7-20-15(23)13-4-2-5-14(10-13)24-11-16(17,18)19/h2,4-6,8,10H,3,7,9,11H2,1H3,(H,20,23). The van der Waals surface area contributed by atoms with Gasteiger partial charge in [-0.05, 0) is 37.6 Å². The molecule has 0 radical (unpaired) electrons. The van der Waals surface area contributed by atoms with Crippen molar-refractivity contribution in [3.63, 3.8) is 0 Å². The first-order chi connectivity index (χ1) is 11.3. The molecular weight excluding hydrogens is 323 g/mol. The Bertz CT molecular complexity index is 683. The molecule has 2 aromatic rings. The van der Waals surface area contributed by atoms with Gasteiger partial charge in [-0.2, -0.15) is 18.3 Å². The highest BCUT2D eigenvalue weighted by molar-refractivity contribution is 5.94. The zero-order valence-corrected chi connectivity index (χ0v) is 13.1. The van der Waals surface area contributed by atoms with Crippen LogP contribution in [0.5, 0.6) is 5.75 Å². The molecule has 1 aromatic heterocycles. The van der Waals surface area contributed by atoms with Crippen molar-refractivity contribution in [3.8, 4) is 5.75 Å². The van der Waals surface area contributed by atoms with Crippen LogP contribution in [0.15, 0.2) is 36.5 Å². The molecule has 130 valence electrons. The smallest absolute Gasteiger partial charge is 0.422 e. The minimum Gasteiger partial charge on any atom is -0.484 e. The summed E-state index contributed by atoms with van der Waals surface area (Å²) in [5, 5.41) is 6.86. The molecule has 0 fully saturated rings. The fraction of sp³-hybridized carbons (Fsp3) is 0.375. The summed E-state index contributed by atoms with van der Waals surface area (Å²) in [6.45, 7) is 1.67. The molecule has 0 bridgehead atoms. The van der Waals surface area contributed by atoms with Crippen molar-refractivity contribution in [3.05, 3.63) is 47.8 Å². The minimum atomic E-state index is -4.41. The number of aryl methyl sites for hydroxylation is 2. The van der Waals surface area contributed by atoms with Crippen LogP contribution in [0.1, 0.15) is 22.5 Å². The van der Waals surface area contributed by atoms with Crippen LogP contribution in [0.3, 0.4) is 0 Å². The summed E-state index contributed by atoms with van der Waals surface area (Å²) < 4.78 is 42.9. The van der Waals surface area contributed by atoms with Crippen LogP contribution in [0.2, 0.25) is 0 Å². The molecule has 0 spiro atoms. The number of carbonyl (C=O) groups excluding carboxylic acids is 1. The molecule has 0 aliphatic rings. The van der Waals surface area contributed by atoms with Gasteiger partial charge in [-0.15, -0.1) is 0 Å². The molecule has 0 aliphatic carbocycles. The third-order valence-corrected chi connectivity index (χ3v) is 3.26. The summed E-state index contributed by atoms with van der Waals surface area (Å²) in [6, 6.07) is 7.56. The second-order valence-corrected chi connectivity index (χ2v) is 5.24. The van der Waals surface area contributed by atoms with Gasteiger partial charge < -0.3 is 10.1 Å². The topological polar surface area (TPSA) is 56.2 Å². The highest BCUT2D eigenvalue weighted by Crippen LogP contribution is 2.19. The lowest BCUT2D eigenvalue weighted by Crippen LogP contribution is -2.25. The first-order valence-corrected chi connectivity index (χ1v) is 7.41. The van der Waals surface area contributed by atoms with E-state index in [0.717, 1.165) is 5.69 Å². The Balaban J connectivity index is 1.80. The number of halogens is 3. The Hall–Kier alpha value is -2.51. The lowest BCUT2D eigenvalue weighted by Gasteiger charge is -2.10. The zero-order chi connectivity index (χ0) is 17.6. The predicted molar refractivity (Wildman–Crippen MR) is 81.9 cm³/mol. The van der Waals surface area contributed by atoms with Crippen LogP contribution >= 0.6 is 0 Å². The van der Waals surface area contributed by atoms with Gasteiger partial charge in [0.2, 0.25) is 0 Å². The maximum atomic E-state index is 12.1. The SMILES string of the molecule is Cc1ccnn1CCCNC(=O)c1cccc(OCC(F)(F)F)c1. The molecule has 1 aromatic carbocycles. The number of hydrogen-bond acceptors (Lipinski definition) is 3. The van der Waals surface area contributed by atoms with Crippen LogP contribution in [-0.4, -0.2) is 35.0 Å². The third kappa shape index (κ3) is 5.60. The van der Waals surface area contributed by atoms with Crippen LogP contribution in [-0.2, 0) is 6.54 Å². The van der Waals surface area contributed by atoms with Gasteiger partial charge in [0.15, 0.2) is 6.61 Å². The summed E-state index contributed by atoms with van der Waals surface area (Å²) in [5.74, 6) is -0.350. The van der Waals surface area contributed by atoms with Gasteiger partial charge >= 0.3 is 6.18 Å². The van der Waals surface area contributed by atoms with E-state index in [0.29, 0.717) is 19.5 Å². The lowest BCUT2D eigenvalue weighted by molar-refractivity contribution is -0.153. The van der Waals surface area contributed by atoms with Crippen molar-refractivity contribution in [2.75, 3.05) is 13.2 Å².